The van der Waals surface area contributed by atoms with Crippen LogP contribution in [0.5, 0.6) is 0 Å². The largest absolute Gasteiger partial charge is 0.455 e. The van der Waals surface area contributed by atoms with Gasteiger partial charge in [-0.25, -0.2) is 0 Å². The van der Waals surface area contributed by atoms with Crippen LogP contribution in [0.2, 0.25) is 0 Å². The average Bonchev–Trinajstić information content (AvgIpc) is 3.76. The molecule has 0 unspecified atom stereocenters. The number of hydrogen-bond acceptors (Lipinski definition) is 1. The minimum atomic E-state index is 0.0378. The zero-order valence-electron chi connectivity index (χ0n) is 35.2. The summed E-state index contributed by atoms with van der Waals surface area (Å²) < 4.78 is 6.43. The van der Waals surface area contributed by atoms with Crippen LogP contribution in [0.25, 0.3) is 99.1 Å². The van der Waals surface area contributed by atoms with Gasteiger partial charge in [-0.1, -0.05) is 237 Å². The van der Waals surface area contributed by atoms with Gasteiger partial charge in [-0.05, 0) is 100 Å². The minimum Gasteiger partial charge on any atom is -0.455 e. The normalized spacial score (nSPS) is 11.6. The molecule has 1 heteroatoms. The summed E-state index contributed by atoms with van der Waals surface area (Å²) in [6.07, 6.45) is 0. The molecule has 0 radical (unpaired) electrons. The van der Waals surface area contributed by atoms with E-state index in [1.54, 1.807) is 0 Å². The molecule has 0 N–H and O–H groups in total. The van der Waals surface area contributed by atoms with E-state index in [4.69, 9.17) is 4.42 Å². The Morgan fingerprint density at radius 1 is 0.250 bits per heavy atom. The second-order valence-corrected chi connectivity index (χ2v) is 16.8. The number of hydrogen-bond donors (Lipinski definition) is 0. The van der Waals surface area contributed by atoms with E-state index in [2.05, 4.69) is 237 Å². The van der Waals surface area contributed by atoms with Crippen molar-refractivity contribution in [3.8, 4) is 55.6 Å². The predicted molar refractivity (Wildman–Crippen MR) is 270 cm³/mol. The molecule has 300 valence electrons. The van der Waals surface area contributed by atoms with Gasteiger partial charge >= 0.3 is 0 Å². The van der Waals surface area contributed by atoms with Crippen LogP contribution in [-0.4, -0.2) is 0 Å². The van der Waals surface area contributed by atoms with Gasteiger partial charge in [-0.15, -0.1) is 0 Å². The van der Waals surface area contributed by atoms with Gasteiger partial charge in [0.1, 0.15) is 11.2 Å². The molecule has 0 spiro atoms. The summed E-state index contributed by atoms with van der Waals surface area (Å²) in [7, 11) is 0. The maximum atomic E-state index is 6.43. The monoisotopic (exact) mass is 814 g/mol. The van der Waals surface area contributed by atoms with E-state index >= 15 is 0 Å². The van der Waals surface area contributed by atoms with Gasteiger partial charge in [0.2, 0.25) is 0 Å². The van der Waals surface area contributed by atoms with E-state index < -0.39 is 0 Å². The fourth-order valence-electron chi connectivity index (χ4n) is 9.70. The van der Waals surface area contributed by atoms with Crippen LogP contribution in [-0.2, 0) is 0 Å². The Bertz CT molecular complexity index is 3470. The van der Waals surface area contributed by atoms with Crippen molar-refractivity contribution >= 4 is 43.5 Å². The Kier molecular flexibility index (Phi) is 9.31. The second kappa shape index (κ2) is 15.9. The van der Waals surface area contributed by atoms with E-state index in [-0.39, 0.29) is 5.92 Å². The number of furan rings is 1. The summed E-state index contributed by atoms with van der Waals surface area (Å²) in [6, 6.07) is 90.5. The highest BCUT2D eigenvalue weighted by atomic mass is 16.3. The molecule has 0 aliphatic heterocycles. The van der Waals surface area contributed by atoms with E-state index in [9.17, 15) is 0 Å². The molecular weight excluding hydrogens is 773 g/mol. The van der Waals surface area contributed by atoms with Crippen LogP contribution >= 0.6 is 0 Å². The van der Waals surface area contributed by atoms with Gasteiger partial charge in [0.15, 0.2) is 0 Å². The molecule has 0 saturated carbocycles. The Morgan fingerprint density at radius 3 is 1.20 bits per heavy atom. The number of para-hydroxylation sites is 2. The molecule has 0 aliphatic carbocycles. The summed E-state index contributed by atoms with van der Waals surface area (Å²) in [6.45, 7) is 0. The number of fused-ring (bicyclic) bond motifs is 6. The maximum Gasteiger partial charge on any atom is 0.143 e. The van der Waals surface area contributed by atoms with Crippen LogP contribution in [0, 0.1) is 0 Å². The fourth-order valence-corrected chi connectivity index (χ4v) is 9.70. The predicted octanol–water partition coefficient (Wildman–Crippen LogP) is 17.4. The third-order valence-corrected chi connectivity index (χ3v) is 13.0. The van der Waals surface area contributed by atoms with Gasteiger partial charge in [-0.3, -0.25) is 0 Å². The molecule has 1 aromatic heterocycles. The summed E-state index contributed by atoms with van der Waals surface area (Å²) in [5.74, 6) is 0.0378. The second-order valence-electron chi connectivity index (χ2n) is 16.8. The van der Waals surface area contributed by atoms with Crippen molar-refractivity contribution in [2.75, 3.05) is 0 Å². The molecule has 0 saturated heterocycles. The van der Waals surface area contributed by atoms with Gasteiger partial charge in [0, 0.05) is 22.3 Å². The lowest BCUT2D eigenvalue weighted by molar-refractivity contribution is 0.670. The van der Waals surface area contributed by atoms with Crippen molar-refractivity contribution in [2.45, 2.75) is 5.92 Å². The molecule has 12 rings (SSSR count). The Morgan fingerprint density at radius 2 is 0.656 bits per heavy atom. The average molecular weight is 815 g/mol. The highest BCUT2D eigenvalue weighted by Gasteiger charge is 2.19. The van der Waals surface area contributed by atoms with Crippen molar-refractivity contribution in [3.05, 3.63) is 265 Å². The molecule has 64 heavy (non-hydrogen) atoms. The number of rotatable bonds is 8. The first-order chi connectivity index (χ1) is 31.7. The zero-order valence-corrected chi connectivity index (χ0v) is 35.2. The lowest BCUT2D eigenvalue weighted by Crippen LogP contribution is -2.04. The van der Waals surface area contributed by atoms with Gasteiger partial charge in [-0.2, -0.15) is 0 Å². The summed E-state index contributed by atoms with van der Waals surface area (Å²) in [5.41, 5.74) is 17.6. The molecule has 11 aromatic carbocycles. The molecule has 0 amide bonds. The van der Waals surface area contributed by atoms with Gasteiger partial charge in [0.05, 0.1) is 0 Å². The van der Waals surface area contributed by atoms with E-state index in [0.717, 1.165) is 33.1 Å². The third-order valence-electron chi connectivity index (χ3n) is 13.0. The zero-order chi connectivity index (χ0) is 42.4. The lowest BCUT2D eigenvalue weighted by Gasteiger charge is -2.21. The van der Waals surface area contributed by atoms with Crippen LogP contribution in [0.4, 0.5) is 0 Å². The first-order valence-electron chi connectivity index (χ1n) is 22.1. The topological polar surface area (TPSA) is 13.1 Å². The lowest BCUT2D eigenvalue weighted by atomic mass is 9.83. The van der Waals surface area contributed by atoms with Crippen molar-refractivity contribution in [3.63, 3.8) is 0 Å². The third kappa shape index (κ3) is 6.85. The Labute approximate surface area is 373 Å². The fraction of sp³-hybridized carbons (Fsp3) is 0.0159. The number of benzene rings is 11. The van der Waals surface area contributed by atoms with Gasteiger partial charge in [0.25, 0.3) is 0 Å². The van der Waals surface area contributed by atoms with E-state index in [1.165, 1.54) is 82.7 Å². The molecule has 0 fully saturated rings. The van der Waals surface area contributed by atoms with E-state index in [1.807, 2.05) is 12.1 Å². The molecule has 0 bridgehead atoms. The molecule has 0 aliphatic rings. The molecule has 1 heterocycles. The first-order valence-corrected chi connectivity index (χ1v) is 22.1. The molecule has 1 nitrogen and oxygen atoms in total. The van der Waals surface area contributed by atoms with Gasteiger partial charge < -0.3 is 4.42 Å². The van der Waals surface area contributed by atoms with Crippen molar-refractivity contribution < 1.29 is 4.42 Å². The van der Waals surface area contributed by atoms with Crippen molar-refractivity contribution in [1.82, 2.24) is 0 Å². The quantitative estimate of drug-likeness (QED) is 0.110. The minimum absolute atomic E-state index is 0.0378. The Hall–Kier alpha value is -8.26. The van der Waals surface area contributed by atoms with Crippen molar-refractivity contribution in [2.24, 2.45) is 0 Å². The van der Waals surface area contributed by atoms with Crippen molar-refractivity contribution in [1.29, 1.82) is 0 Å². The summed E-state index contributed by atoms with van der Waals surface area (Å²) in [5, 5.41) is 7.22. The highest BCUT2D eigenvalue weighted by molar-refractivity contribution is 6.12. The van der Waals surface area contributed by atoms with Crippen LogP contribution in [0.15, 0.2) is 253 Å². The first kappa shape index (κ1) is 37.5. The van der Waals surface area contributed by atoms with Crippen LogP contribution in [0.1, 0.15) is 22.6 Å². The Balaban J connectivity index is 0.902. The molecule has 0 atom stereocenters. The van der Waals surface area contributed by atoms with E-state index in [0.29, 0.717) is 0 Å². The molecular formula is C63H42O. The SMILES string of the molecule is c1ccc(-c2ccc(-c3ccc(C(c4ccc(-c5ccc(-c6ccccc6)cc5)cc4)c4ccc5c(ccc6cc(-c7cccc8c7oc7ccccc78)ccc65)c4)cc3)cc2)cc1. The van der Waals surface area contributed by atoms with Crippen LogP contribution in [0.3, 0.4) is 0 Å². The standard InChI is InChI=1S/C63H42O/c1-3-10-42(11-4-1)44-18-22-46(23-19-44)48-26-30-50(31-27-48)62(51-32-28-49(29-33-51)47-24-20-45(21-25-47)43-12-5-2-6-13-43)55-37-39-57-53(41-55)35-34-52-40-54(36-38-56(52)57)58-15-9-16-60-59-14-7-8-17-61(59)64-63(58)60/h1-41,62H. The van der Waals surface area contributed by atoms with Crippen LogP contribution < -0.4 is 0 Å². The summed E-state index contributed by atoms with van der Waals surface area (Å²) in [4.78, 5) is 0. The highest BCUT2D eigenvalue weighted by Crippen LogP contribution is 2.40. The smallest absolute Gasteiger partial charge is 0.143 e. The summed E-state index contributed by atoms with van der Waals surface area (Å²) >= 11 is 0. The maximum absolute atomic E-state index is 6.43. The molecule has 12 aromatic rings.